The molecule has 0 aliphatic carbocycles. The predicted molar refractivity (Wildman–Crippen MR) is 189 cm³/mol. The van der Waals surface area contributed by atoms with Crippen molar-refractivity contribution >= 4 is 24.0 Å². The van der Waals surface area contributed by atoms with Gasteiger partial charge in [-0.3, -0.25) is 9.59 Å². The zero-order valence-corrected chi connectivity index (χ0v) is 29.8. The van der Waals surface area contributed by atoms with E-state index in [1.165, 1.54) is 31.6 Å². The van der Waals surface area contributed by atoms with Gasteiger partial charge in [0.1, 0.15) is 29.3 Å². The van der Waals surface area contributed by atoms with Gasteiger partial charge in [-0.2, -0.15) is 0 Å². The van der Waals surface area contributed by atoms with Crippen LogP contribution in [0.25, 0.3) is 33.6 Å². The van der Waals surface area contributed by atoms with Crippen LogP contribution in [0.15, 0.2) is 48.8 Å². The third-order valence-electron chi connectivity index (χ3n) is 9.73. The predicted octanol–water partition coefficient (Wildman–Crippen LogP) is 5.60. The molecule has 4 heterocycles. The quantitative estimate of drug-likeness (QED) is 0.162. The molecule has 14 nitrogen and oxygen atoms in total. The summed E-state index contributed by atoms with van der Waals surface area (Å²) in [4.78, 5) is 67.9. The normalized spacial score (nSPS) is 18.2. The summed E-state index contributed by atoms with van der Waals surface area (Å²) >= 11 is 0. The van der Waals surface area contributed by atoms with Crippen LogP contribution in [-0.2, 0) is 19.1 Å². The van der Waals surface area contributed by atoms with E-state index in [4.69, 9.17) is 10.5 Å². The number of aromatic amines is 2. The van der Waals surface area contributed by atoms with E-state index in [0.29, 0.717) is 66.5 Å². The van der Waals surface area contributed by atoms with Crippen molar-refractivity contribution < 1.29 is 37.4 Å². The fourth-order valence-corrected chi connectivity index (χ4v) is 7.05. The number of nitrogens with two attached hydrogens (primary N) is 1. The van der Waals surface area contributed by atoms with Crippen LogP contribution in [0.2, 0.25) is 0 Å². The Morgan fingerprint density at radius 3 is 1.75 bits per heavy atom. The summed E-state index contributed by atoms with van der Waals surface area (Å²) in [6.45, 7) is 6.04. The van der Waals surface area contributed by atoms with Crippen molar-refractivity contribution in [1.29, 1.82) is 0 Å². The number of methoxy groups -OCH3 is 1. The topological polar surface area (TPSA) is 189 Å². The molecule has 16 heteroatoms. The Labute approximate surface area is 304 Å². The Bertz CT molecular complexity index is 2010. The maximum absolute atomic E-state index is 15.6. The molecule has 0 radical (unpaired) electrons. The Kier molecular flexibility index (Phi) is 10.8. The minimum absolute atomic E-state index is 0.248. The molecule has 53 heavy (non-hydrogen) atoms. The van der Waals surface area contributed by atoms with Gasteiger partial charge in [0.25, 0.3) is 5.91 Å². The monoisotopic (exact) mass is 732 g/mol. The molecule has 2 aromatic carbocycles. The second kappa shape index (κ2) is 15.4. The highest BCUT2D eigenvalue weighted by atomic mass is 19.1. The van der Waals surface area contributed by atoms with Gasteiger partial charge >= 0.3 is 12.2 Å². The molecule has 0 bridgehead atoms. The van der Waals surface area contributed by atoms with Crippen molar-refractivity contribution in [2.75, 3.05) is 20.2 Å². The van der Waals surface area contributed by atoms with Gasteiger partial charge in [-0.25, -0.2) is 28.3 Å². The molecule has 5 N–H and O–H groups in total. The van der Waals surface area contributed by atoms with Gasteiger partial charge in [0.2, 0.25) is 5.91 Å². The van der Waals surface area contributed by atoms with Gasteiger partial charge in [-0.05, 0) is 73.9 Å². The van der Waals surface area contributed by atoms with E-state index in [1.807, 2.05) is 0 Å². The molecule has 280 valence electrons. The lowest BCUT2D eigenvalue weighted by Gasteiger charge is -2.29. The molecule has 2 aromatic heterocycles. The van der Waals surface area contributed by atoms with Crippen molar-refractivity contribution in [3.8, 4) is 33.6 Å². The molecule has 2 aliphatic heterocycles. The van der Waals surface area contributed by atoms with Gasteiger partial charge in [0.15, 0.2) is 6.10 Å². The fraction of sp³-hybridized carbons (Fsp3) is 0.405. The Hall–Kier alpha value is -5.80. The second-order valence-corrected chi connectivity index (χ2v) is 13.6. The summed E-state index contributed by atoms with van der Waals surface area (Å²) < 4.78 is 40.9. The van der Waals surface area contributed by atoms with Crippen molar-refractivity contribution in [2.45, 2.75) is 70.7 Å². The number of carbonyl (C=O) groups is 4. The number of ether oxygens (including phenoxy) is 2. The third-order valence-corrected chi connectivity index (χ3v) is 9.73. The number of benzene rings is 2. The van der Waals surface area contributed by atoms with Gasteiger partial charge in [0, 0.05) is 24.2 Å². The molecule has 0 saturated carbocycles. The maximum atomic E-state index is 15.6. The number of alkyl carbamates (subject to hydrolysis) is 1. The first-order chi connectivity index (χ1) is 25.4. The zero-order valence-electron chi connectivity index (χ0n) is 29.8. The van der Waals surface area contributed by atoms with Crippen LogP contribution in [0, 0.1) is 17.6 Å². The number of hydrogen-bond acceptors (Lipinski definition) is 8. The lowest BCUT2D eigenvalue weighted by molar-refractivity contribution is -0.143. The molecule has 2 fully saturated rings. The number of imidazole rings is 2. The summed E-state index contributed by atoms with van der Waals surface area (Å²) in [6, 6.07) is 7.60. The summed E-state index contributed by atoms with van der Waals surface area (Å²) in [5.74, 6) is -1.06. The number of H-pyrrole nitrogens is 2. The first-order valence-electron chi connectivity index (χ1n) is 17.5. The number of halogens is 2. The van der Waals surface area contributed by atoms with Crippen molar-refractivity contribution in [2.24, 2.45) is 11.7 Å². The number of hydrogen-bond donors (Lipinski definition) is 4. The highest BCUT2D eigenvalue weighted by Crippen LogP contribution is 2.36. The van der Waals surface area contributed by atoms with Crippen LogP contribution < -0.4 is 11.1 Å². The molecular formula is C37H42F2N8O6. The minimum atomic E-state index is -1.03. The zero-order chi connectivity index (χ0) is 38.0. The number of rotatable bonds is 10. The molecule has 2 saturated heterocycles. The summed E-state index contributed by atoms with van der Waals surface area (Å²) in [5.41, 5.74) is 7.45. The van der Waals surface area contributed by atoms with Gasteiger partial charge in [0.05, 0.1) is 43.0 Å². The lowest BCUT2D eigenvalue weighted by Crippen LogP contribution is -2.46. The largest absolute Gasteiger partial charge is 0.453 e. The average Bonchev–Trinajstić information content (AvgIpc) is 3.96. The van der Waals surface area contributed by atoms with E-state index in [2.05, 4.69) is 30.0 Å². The maximum Gasteiger partial charge on any atom is 0.407 e. The van der Waals surface area contributed by atoms with Crippen LogP contribution in [0.5, 0.6) is 0 Å². The molecule has 4 atom stereocenters. The molecule has 0 unspecified atom stereocenters. The molecule has 2 aliphatic rings. The van der Waals surface area contributed by atoms with E-state index in [9.17, 15) is 19.2 Å². The van der Waals surface area contributed by atoms with Crippen LogP contribution >= 0.6 is 0 Å². The first kappa shape index (κ1) is 37.0. The Balaban J connectivity index is 1.15. The fourth-order valence-electron chi connectivity index (χ4n) is 7.05. The van der Waals surface area contributed by atoms with Crippen LogP contribution in [0.1, 0.15) is 70.2 Å². The standard InChI is InChI=1S/C37H42F2N8O6/c1-19(2)31(53-36(40)50)35(49)47-14-6-8-30(47)33-42-18-28(45-33)24-12-10-22(16-26(24)39)21-9-11-23(25(38)15-21)27-17-41-32(44-27)29-7-5-13-46(29)34(48)20(3)43-37(51)52-4/h9-12,15-20,29-31H,5-8,13-14H2,1-4H3,(H2,40,50)(H,41,44)(H,42,45)(H,43,51)/t20-,29-,30-,31-/m0/s1. The number of nitrogens with zero attached hydrogens (tertiary/aromatic N) is 4. The summed E-state index contributed by atoms with van der Waals surface area (Å²) in [7, 11) is 1.22. The van der Waals surface area contributed by atoms with E-state index in [-0.39, 0.29) is 34.9 Å². The number of primary amides is 1. The molecule has 4 aromatic rings. The molecular weight excluding hydrogens is 690 g/mol. The highest BCUT2D eigenvalue weighted by Gasteiger charge is 2.39. The van der Waals surface area contributed by atoms with Gasteiger partial charge in [-0.1, -0.05) is 26.0 Å². The number of likely N-dealkylation sites (tertiary alicyclic amines) is 2. The van der Waals surface area contributed by atoms with Crippen LogP contribution in [-0.4, -0.2) is 86.1 Å². The number of nitrogens with one attached hydrogen (secondary N) is 3. The van der Waals surface area contributed by atoms with E-state index in [0.717, 1.165) is 6.42 Å². The number of amides is 4. The smallest absolute Gasteiger partial charge is 0.407 e. The van der Waals surface area contributed by atoms with Gasteiger partial charge in [-0.15, -0.1) is 0 Å². The molecule has 4 amide bonds. The SMILES string of the molecule is COC(=O)N[C@@H](C)C(=O)N1CCC[C@H]1c1ncc(-c2ccc(-c3ccc(-c4cnc([C@@H]5CCCN5C(=O)[C@@H](OC(N)=O)C(C)C)[nH]4)c(F)c3)cc2F)[nH]1. The highest BCUT2D eigenvalue weighted by molar-refractivity contribution is 5.86. The Morgan fingerprint density at radius 1 is 0.830 bits per heavy atom. The van der Waals surface area contributed by atoms with Gasteiger partial charge < -0.3 is 40.3 Å². The molecule has 0 spiro atoms. The Morgan fingerprint density at radius 2 is 1.32 bits per heavy atom. The summed E-state index contributed by atoms with van der Waals surface area (Å²) in [6.07, 6.45) is 2.98. The van der Waals surface area contributed by atoms with E-state index < -0.39 is 42.0 Å². The van der Waals surface area contributed by atoms with E-state index >= 15 is 8.78 Å². The lowest BCUT2D eigenvalue weighted by atomic mass is 10.00. The average molecular weight is 733 g/mol. The van der Waals surface area contributed by atoms with E-state index in [1.54, 1.807) is 54.8 Å². The van der Waals surface area contributed by atoms with Crippen LogP contribution in [0.4, 0.5) is 18.4 Å². The minimum Gasteiger partial charge on any atom is -0.453 e. The number of carbonyl (C=O) groups excluding carboxylic acids is 4. The molecule has 6 rings (SSSR count). The van der Waals surface area contributed by atoms with Crippen LogP contribution in [0.3, 0.4) is 0 Å². The first-order valence-corrected chi connectivity index (χ1v) is 17.5. The van der Waals surface area contributed by atoms with Crippen molar-refractivity contribution in [3.63, 3.8) is 0 Å². The third kappa shape index (κ3) is 7.71. The summed E-state index contributed by atoms with van der Waals surface area (Å²) in [5, 5.41) is 2.49. The van der Waals surface area contributed by atoms with Crippen molar-refractivity contribution in [1.82, 2.24) is 35.1 Å². The second-order valence-electron chi connectivity index (χ2n) is 13.6. The number of aromatic nitrogens is 4. The van der Waals surface area contributed by atoms with Crippen molar-refractivity contribution in [3.05, 3.63) is 72.1 Å².